The number of phenols is 1. The van der Waals surface area contributed by atoms with E-state index >= 15 is 0 Å². The number of aromatic hydroxyl groups is 1. The van der Waals surface area contributed by atoms with Crippen LogP contribution in [-0.2, 0) is 6.42 Å². The highest BCUT2D eigenvalue weighted by molar-refractivity contribution is 6.31. The topological polar surface area (TPSA) is 38.0 Å². The maximum absolute atomic E-state index is 9.56. The van der Waals surface area contributed by atoms with Crippen molar-refractivity contribution in [3.63, 3.8) is 0 Å². The molecule has 0 saturated heterocycles. The number of allylic oxidation sites excluding steroid dienone is 1. The number of benzene rings is 2. The minimum Gasteiger partial charge on any atom is -0.508 e. The molecule has 1 N–H and O–H groups in total. The number of hydrogen-bond acceptors (Lipinski definition) is 2. The molecule has 0 aliphatic heterocycles. The summed E-state index contributed by atoms with van der Waals surface area (Å²) in [6.07, 6.45) is 3.67. The van der Waals surface area contributed by atoms with Gasteiger partial charge in [-0.25, -0.2) is 4.68 Å². The van der Waals surface area contributed by atoms with Gasteiger partial charge in [0.1, 0.15) is 5.75 Å². The van der Waals surface area contributed by atoms with Crippen molar-refractivity contribution < 1.29 is 5.11 Å². The van der Waals surface area contributed by atoms with Crippen molar-refractivity contribution in [2.75, 3.05) is 0 Å². The Kier molecular flexibility index (Phi) is 3.89. The third kappa shape index (κ3) is 2.85. The van der Waals surface area contributed by atoms with E-state index in [2.05, 4.69) is 11.7 Å². The lowest BCUT2D eigenvalue weighted by Gasteiger charge is -2.25. The Balaban J connectivity index is 1.81. The van der Waals surface area contributed by atoms with Gasteiger partial charge in [0.05, 0.1) is 17.6 Å². The molecule has 0 fully saturated rings. The summed E-state index contributed by atoms with van der Waals surface area (Å²) >= 11 is 6.30. The lowest BCUT2D eigenvalue weighted by molar-refractivity contribution is 0.475. The van der Waals surface area contributed by atoms with Gasteiger partial charge in [0, 0.05) is 22.9 Å². The number of nitrogens with zero attached hydrogens (tertiary/aromatic N) is 2. The van der Waals surface area contributed by atoms with Gasteiger partial charge in [0.2, 0.25) is 0 Å². The molecule has 1 aromatic heterocycles. The Hall–Kier alpha value is -2.52. The minimum absolute atomic E-state index is 0.214. The number of halogens is 1. The van der Waals surface area contributed by atoms with E-state index in [1.807, 2.05) is 48.1 Å². The van der Waals surface area contributed by atoms with Crippen molar-refractivity contribution in [2.24, 2.45) is 0 Å². The van der Waals surface area contributed by atoms with Gasteiger partial charge in [-0.1, -0.05) is 42.0 Å². The molecule has 0 spiro atoms. The zero-order valence-electron chi connectivity index (χ0n) is 14.0. The average molecular weight is 351 g/mol. The van der Waals surface area contributed by atoms with Crippen LogP contribution in [0.3, 0.4) is 0 Å². The second kappa shape index (κ2) is 6.08. The molecule has 1 heterocycles. The van der Waals surface area contributed by atoms with E-state index in [9.17, 15) is 5.11 Å². The second-order valence-corrected chi connectivity index (χ2v) is 7.07. The molecule has 3 aromatic rings. The summed E-state index contributed by atoms with van der Waals surface area (Å²) in [6, 6.07) is 13.4. The van der Waals surface area contributed by atoms with Crippen molar-refractivity contribution in [3.05, 3.63) is 88.2 Å². The Morgan fingerprint density at radius 1 is 1.20 bits per heavy atom. The summed E-state index contributed by atoms with van der Waals surface area (Å²) in [4.78, 5) is 0. The summed E-state index contributed by atoms with van der Waals surface area (Å²) in [5.41, 5.74) is 6.75. The molecule has 0 bridgehead atoms. The molecule has 3 nitrogen and oxygen atoms in total. The van der Waals surface area contributed by atoms with Crippen LogP contribution in [0.1, 0.15) is 34.7 Å². The van der Waals surface area contributed by atoms with Crippen LogP contribution >= 0.6 is 11.6 Å². The predicted octanol–water partition coefficient (Wildman–Crippen LogP) is 5.17. The molecule has 1 aliphatic carbocycles. The lowest BCUT2D eigenvalue weighted by Crippen LogP contribution is -2.14. The highest BCUT2D eigenvalue weighted by Crippen LogP contribution is 2.39. The fourth-order valence-electron chi connectivity index (χ4n) is 3.50. The van der Waals surface area contributed by atoms with Crippen LogP contribution in [0.4, 0.5) is 0 Å². The molecule has 2 aromatic carbocycles. The second-order valence-electron chi connectivity index (χ2n) is 6.67. The Morgan fingerprint density at radius 3 is 2.68 bits per heavy atom. The Labute approximate surface area is 152 Å². The fourth-order valence-corrected chi connectivity index (χ4v) is 3.68. The van der Waals surface area contributed by atoms with Crippen molar-refractivity contribution in [1.82, 2.24) is 9.78 Å². The van der Waals surface area contributed by atoms with Crippen LogP contribution in [0.15, 0.2) is 60.8 Å². The normalized spacial score (nSPS) is 16.7. The standard InChI is InChI=1S/C21H19ClN2O/c1-13-9-18(15-4-7-17(25)8-5-15)19-12-23-24(21(19)10-13)16-6-3-14(2)20(22)11-16/h3-8,11-12,18,25H,1,9-10H2,2H3. The van der Waals surface area contributed by atoms with E-state index in [1.165, 1.54) is 16.7 Å². The molecule has 1 aliphatic rings. The first kappa shape index (κ1) is 16.0. The van der Waals surface area contributed by atoms with Gasteiger partial charge in [-0.15, -0.1) is 0 Å². The zero-order chi connectivity index (χ0) is 17.6. The molecule has 0 radical (unpaired) electrons. The molecule has 4 rings (SSSR count). The molecular formula is C21H19ClN2O. The van der Waals surface area contributed by atoms with Crippen LogP contribution in [-0.4, -0.2) is 14.9 Å². The third-order valence-corrected chi connectivity index (χ3v) is 5.29. The maximum Gasteiger partial charge on any atom is 0.115 e. The fraction of sp³-hybridized carbons (Fsp3) is 0.190. The lowest BCUT2D eigenvalue weighted by atomic mass is 9.80. The number of hydrogen-bond donors (Lipinski definition) is 1. The predicted molar refractivity (Wildman–Crippen MR) is 101 cm³/mol. The molecule has 4 heteroatoms. The van der Waals surface area contributed by atoms with Crippen LogP contribution in [0.5, 0.6) is 5.75 Å². The first-order chi connectivity index (χ1) is 12.0. The highest BCUT2D eigenvalue weighted by atomic mass is 35.5. The quantitative estimate of drug-likeness (QED) is 0.647. The smallest absolute Gasteiger partial charge is 0.115 e. The highest BCUT2D eigenvalue weighted by Gasteiger charge is 2.28. The van der Waals surface area contributed by atoms with E-state index in [-0.39, 0.29) is 11.7 Å². The van der Waals surface area contributed by atoms with Crippen LogP contribution < -0.4 is 0 Å². The van der Waals surface area contributed by atoms with Gasteiger partial charge < -0.3 is 5.11 Å². The molecule has 126 valence electrons. The van der Waals surface area contributed by atoms with E-state index in [0.29, 0.717) is 0 Å². The first-order valence-electron chi connectivity index (χ1n) is 8.32. The SMILES string of the molecule is C=C1Cc2c(cnn2-c2ccc(C)c(Cl)c2)C(c2ccc(O)cc2)C1. The van der Waals surface area contributed by atoms with Gasteiger partial charge in [0.15, 0.2) is 0 Å². The van der Waals surface area contributed by atoms with Crippen molar-refractivity contribution in [1.29, 1.82) is 0 Å². The number of rotatable bonds is 2. The molecule has 25 heavy (non-hydrogen) atoms. The third-order valence-electron chi connectivity index (χ3n) is 4.88. The number of phenolic OH excluding ortho intramolecular Hbond substituents is 1. The van der Waals surface area contributed by atoms with Gasteiger partial charge in [-0.3, -0.25) is 0 Å². The van der Waals surface area contributed by atoms with Crippen LogP contribution in [0, 0.1) is 6.92 Å². The molecule has 0 saturated carbocycles. The number of aryl methyl sites for hydroxylation is 1. The maximum atomic E-state index is 9.56. The average Bonchev–Trinajstić information content (AvgIpc) is 3.01. The summed E-state index contributed by atoms with van der Waals surface area (Å²) in [5, 5.41) is 14.9. The van der Waals surface area contributed by atoms with Gasteiger partial charge >= 0.3 is 0 Å². The summed E-state index contributed by atoms with van der Waals surface area (Å²) in [5.74, 6) is 0.495. The van der Waals surface area contributed by atoms with Crippen molar-refractivity contribution >= 4 is 11.6 Å². The van der Waals surface area contributed by atoms with Gasteiger partial charge in [-0.05, 0) is 48.7 Å². The molecular weight excluding hydrogens is 332 g/mol. The summed E-state index contributed by atoms with van der Waals surface area (Å²) in [6.45, 7) is 6.23. The monoisotopic (exact) mass is 350 g/mol. The molecule has 1 unspecified atom stereocenters. The van der Waals surface area contributed by atoms with E-state index in [1.54, 1.807) is 12.1 Å². The summed E-state index contributed by atoms with van der Waals surface area (Å²) < 4.78 is 1.97. The van der Waals surface area contributed by atoms with Gasteiger partial charge in [-0.2, -0.15) is 5.10 Å². The summed E-state index contributed by atoms with van der Waals surface area (Å²) in [7, 11) is 0. The van der Waals surface area contributed by atoms with E-state index < -0.39 is 0 Å². The van der Waals surface area contributed by atoms with Gasteiger partial charge in [0.25, 0.3) is 0 Å². The van der Waals surface area contributed by atoms with E-state index in [4.69, 9.17) is 11.6 Å². The Bertz CT molecular complexity index is 957. The van der Waals surface area contributed by atoms with Crippen molar-refractivity contribution in [2.45, 2.75) is 25.7 Å². The van der Waals surface area contributed by atoms with Crippen molar-refractivity contribution in [3.8, 4) is 11.4 Å². The van der Waals surface area contributed by atoms with E-state index in [0.717, 1.165) is 34.8 Å². The number of aromatic nitrogens is 2. The first-order valence-corrected chi connectivity index (χ1v) is 8.69. The zero-order valence-corrected chi connectivity index (χ0v) is 14.8. The number of fused-ring (bicyclic) bond motifs is 1. The molecule has 0 amide bonds. The van der Waals surface area contributed by atoms with Crippen LogP contribution in [0.2, 0.25) is 5.02 Å². The minimum atomic E-state index is 0.214. The molecule has 1 atom stereocenters. The van der Waals surface area contributed by atoms with Crippen LogP contribution in [0.25, 0.3) is 5.69 Å². The largest absolute Gasteiger partial charge is 0.508 e. The Morgan fingerprint density at radius 2 is 1.96 bits per heavy atom.